The molecule has 1 amide bonds. The van der Waals surface area contributed by atoms with Crippen molar-refractivity contribution in [2.75, 3.05) is 39.1 Å². The highest BCUT2D eigenvalue weighted by Crippen LogP contribution is 2.19. The van der Waals surface area contributed by atoms with Gasteiger partial charge in [-0.15, -0.1) is 0 Å². The van der Waals surface area contributed by atoms with Crippen molar-refractivity contribution in [3.8, 4) is 0 Å². The van der Waals surface area contributed by atoms with E-state index in [4.69, 9.17) is 9.47 Å². The Hall–Kier alpha value is -0.700. The van der Waals surface area contributed by atoms with E-state index in [1.165, 1.54) is 10.6 Å². The van der Waals surface area contributed by atoms with Crippen LogP contribution in [0.3, 0.4) is 0 Å². The number of rotatable bonds is 5. The molecule has 0 unspecified atom stereocenters. The second kappa shape index (κ2) is 7.53. The molecule has 2 fully saturated rings. The summed E-state index contributed by atoms with van der Waals surface area (Å²) in [5.41, 5.74) is 0. The maximum absolute atomic E-state index is 12.0. The van der Waals surface area contributed by atoms with E-state index in [1.807, 2.05) is 0 Å². The summed E-state index contributed by atoms with van der Waals surface area (Å²) in [5.74, 6) is -0.102. The lowest BCUT2D eigenvalue weighted by Crippen LogP contribution is -2.43. The third kappa shape index (κ3) is 5.21. The van der Waals surface area contributed by atoms with Crippen LogP contribution in [0, 0.1) is 5.92 Å². The molecule has 0 radical (unpaired) electrons. The molecule has 0 aromatic rings. The second-order valence-electron chi connectivity index (χ2n) is 5.54. The Morgan fingerprint density at radius 1 is 1.24 bits per heavy atom. The quantitative estimate of drug-likeness (QED) is 0.766. The molecule has 122 valence electrons. The molecule has 2 aliphatic heterocycles. The van der Waals surface area contributed by atoms with Crippen molar-refractivity contribution in [3.63, 3.8) is 0 Å². The Morgan fingerprint density at radius 3 is 2.43 bits per heavy atom. The molecule has 2 aliphatic rings. The van der Waals surface area contributed by atoms with Crippen LogP contribution in [0.5, 0.6) is 0 Å². The Kier molecular flexibility index (Phi) is 5.98. The number of amides is 1. The van der Waals surface area contributed by atoms with Crippen LogP contribution in [0.4, 0.5) is 0 Å². The Labute approximate surface area is 126 Å². The molecular weight excluding hydrogens is 296 g/mol. The molecule has 0 aromatic carbocycles. The van der Waals surface area contributed by atoms with Crippen LogP contribution in [0.15, 0.2) is 0 Å². The zero-order valence-electron chi connectivity index (χ0n) is 12.4. The molecule has 21 heavy (non-hydrogen) atoms. The average Bonchev–Trinajstić information content (AvgIpc) is 2.47. The van der Waals surface area contributed by atoms with Gasteiger partial charge in [0.2, 0.25) is 15.9 Å². The van der Waals surface area contributed by atoms with Gasteiger partial charge in [0.25, 0.3) is 0 Å². The van der Waals surface area contributed by atoms with E-state index in [9.17, 15) is 13.2 Å². The number of piperidine rings is 1. The number of ether oxygens (including phenoxy) is 2. The number of carbonyl (C=O) groups excluding carboxylic acids is 1. The van der Waals surface area contributed by atoms with Gasteiger partial charge in [0.1, 0.15) is 0 Å². The molecular formula is C13H24N2O5S. The van der Waals surface area contributed by atoms with E-state index in [-0.39, 0.29) is 18.1 Å². The second-order valence-corrected chi connectivity index (χ2v) is 7.52. The summed E-state index contributed by atoms with van der Waals surface area (Å²) >= 11 is 0. The van der Waals surface area contributed by atoms with Crippen molar-refractivity contribution >= 4 is 15.9 Å². The zero-order chi connectivity index (χ0) is 15.3. The maximum Gasteiger partial charge on any atom is 0.223 e. The largest absolute Gasteiger partial charge is 0.356 e. The minimum absolute atomic E-state index is 0.000963. The van der Waals surface area contributed by atoms with E-state index in [1.54, 1.807) is 0 Å². The van der Waals surface area contributed by atoms with Gasteiger partial charge in [-0.05, 0) is 19.3 Å². The molecule has 0 aliphatic carbocycles. The van der Waals surface area contributed by atoms with Gasteiger partial charge in [0.05, 0.1) is 19.5 Å². The van der Waals surface area contributed by atoms with Crippen molar-refractivity contribution in [3.05, 3.63) is 0 Å². The van der Waals surface area contributed by atoms with Gasteiger partial charge < -0.3 is 14.8 Å². The van der Waals surface area contributed by atoms with Crippen LogP contribution < -0.4 is 5.32 Å². The van der Waals surface area contributed by atoms with Crippen LogP contribution in [-0.2, 0) is 24.3 Å². The van der Waals surface area contributed by atoms with Crippen LogP contribution in [0.25, 0.3) is 0 Å². The highest BCUT2D eigenvalue weighted by atomic mass is 32.2. The molecule has 7 nitrogen and oxygen atoms in total. The molecule has 8 heteroatoms. The first-order valence-electron chi connectivity index (χ1n) is 7.43. The van der Waals surface area contributed by atoms with Crippen LogP contribution >= 0.6 is 0 Å². The van der Waals surface area contributed by atoms with Crippen molar-refractivity contribution in [1.29, 1.82) is 0 Å². The minimum atomic E-state index is -3.14. The van der Waals surface area contributed by atoms with Crippen molar-refractivity contribution < 1.29 is 22.7 Å². The maximum atomic E-state index is 12.0. The minimum Gasteiger partial charge on any atom is -0.356 e. The van der Waals surface area contributed by atoms with E-state index >= 15 is 0 Å². The number of sulfonamides is 1. The van der Waals surface area contributed by atoms with Gasteiger partial charge in [-0.1, -0.05) is 0 Å². The standard InChI is InChI=1S/C13H24N2O5S/c1-21(17,18)15-7-4-11(5-8-15)13(16)14-6-3-12-19-9-2-10-20-12/h11-12H,2-10H2,1H3,(H,14,16). The SMILES string of the molecule is CS(=O)(=O)N1CCC(C(=O)NCCC2OCCCO2)CC1. The lowest BCUT2D eigenvalue weighted by atomic mass is 9.97. The normalized spacial score (nSPS) is 23.1. The first kappa shape index (κ1) is 16.7. The van der Waals surface area contributed by atoms with Crippen molar-refractivity contribution in [2.24, 2.45) is 5.92 Å². The summed E-state index contributed by atoms with van der Waals surface area (Å²) in [4.78, 5) is 12.0. The van der Waals surface area contributed by atoms with E-state index < -0.39 is 10.0 Å². The number of hydrogen-bond donors (Lipinski definition) is 1. The van der Waals surface area contributed by atoms with E-state index in [0.717, 1.165) is 6.42 Å². The molecule has 2 rings (SSSR count). The summed E-state index contributed by atoms with van der Waals surface area (Å²) in [6.07, 6.45) is 3.71. The Morgan fingerprint density at radius 2 is 1.86 bits per heavy atom. The van der Waals surface area contributed by atoms with Crippen LogP contribution in [0.1, 0.15) is 25.7 Å². The van der Waals surface area contributed by atoms with Crippen molar-refractivity contribution in [1.82, 2.24) is 9.62 Å². The zero-order valence-corrected chi connectivity index (χ0v) is 13.2. The third-order valence-electron chi connectivity index (χ3n) is 3.87. The first-order valence-corrected chi connectivity index (χ1v) is 9.27. The molecule has 0 atom stereocenters. The van der Waals surface area contributed by atoms with Gasteiger partial charge in [-0.25, -0.2) is 12.7 Å². The van der Waals surface area contributed by atoms with Gasteiger partial charge in [-0.2, -0.15) is 0 Å². The fourth-order valence-electron chi connectivity index (χ4n) is 2.61. The molecule has 0 bridgehead atoms. The molecule has 1 N–H and O–H groups in total. The highest BCUT2D eigenvalue weighted by molar-refractivity contribution is 7.88. The Balaban J connectivity index is 1.65. The number of carbonyl (C=O) groups is 1. The fourth-order valence-corrected chi connectivity index (χ4v) is 3.48. The summed E-state index contributed by atoms with van der Waals surface area (Å²) in [6.45, 7) is 2.79. The van der Waals surface area contributed by atoms with Gasteiger partial charge in [0, 0.05) is 32.0 Å². The Bertz CT molecular complexity index is 439. The van der Waals surface area contributed by atoms with E-state index in [2.05, 4.69) is 5.32 Å². The average molecular weight is 320 g/mol. The van der Waals surface area contributed by atoms with Crippen molar-refractivity contribution in [2.45, 2.75) is 32.0 Å². The number of hydrogen-bond acceptors (Lipinski definition) is 5. The van der Waals surface area contributed by atoms with Gasteiger partial charge in [-0.3, -0.25) is 4.79 Å². The van der Waals surface area contributed by atoms with Crippen LogP contribution in [0.2, 0.25) is 0 Å². The van der Waals surface area contributed by atoms with Gasteiger partial charge >= 0.3 is 0 Å². The summed E-state index contributed by atoms with van der Waals surface area (Å²) in [7, 11) is -3.14. The summed E-state index contributed by atoms with van der Waals surface area (Å²) in [6, 6.07) is 0. The van der Waals surface area contributed by atoms with E-state index in [0.29, 0.717) is 52.1 Å². The topological polar surface area (TPSA) is 84.9 Å². The summed E-state index contributed by atoms with van der Waals surface area (Å²) < 4.78 is 35.1. The third-order valence-corrected chi connectivity index (χ3v) is 5.17. The lowest BCUT2D eigenvalue weighted by molar-refractivity contribution is -0.180. The first-order chi connectivity index (χ1) is 9.97. The predicted octanol–water partition coefficient (Wildman–Crippen LogP) is -0.0727. The predicted molar refractivity (Wildman–Crippen MR) is 77.1 cm³/mol. The molecule has 0 saturated carbocycles. The molecule has 0 aromatic heterocycles. The highest BCUT2D eigenvalue weighted by Gasteiger charge is 2.28. The van der Waals surface area contributed by atoms with Gasteiger partial charge in [0.15, 0.2) is 6.29 Å². The molecule has 0 spiro atoms. The fraction of sp³-hybridized carbons (Fsp3) is 0.923. The molecule has 2 heterocycles. The summed E-state index contributed by atoms with van der Waals surface area (Å²) in [5, 5.41) is 2.89. The monoisotopic (exact) mass is 320 g/mol. The smallest absolute Gasteiger partial charge is 0.223 e. The molecule has 2 saturated heterocycles. The van der Waals surface area contributed by atoms with Crippen LogP contribution in [-0.4, -0.2) is 64.0 Å². The lowest BCUT2D eigenvalue weighted by Gasteiger charge is -2.29. The number of nitrogens with zero attached hydrogens (tertiary/aromatic N) is 1. The number of nitrogens with one attached hydrogen (secondary N) is 1.